The minimum Gasteiger partial charge on any atom is -0.473 e. The maximum atomic E-state index is 14.3. The van der Waals surface area contributed by atoms with E-state index in [2.05, 4.69) is 5.32 Å². The number of primary amides is 1. The van der Waals surface area contributed by atoms with Gasteiger partial charge in [-0.2, -0.15) is 0 Å². The highest BCUT2D eigenvalue weighted by atomic mass is 19.1. The highest BCUT2D eigenvalue weighted by Gasteiger charge is 2.58. The van der Waals surface area contributed by atoms with E-state index < -0.39 is 59.7 Å². The lowest BCUT2D eigenvalue weighted by molar-refractivity contribution is -0.143. The Morgan fingerprint density at radius 3 is 2.66 bits per heavy atom. The number of carbonyl (C=O) groups is 4. The number of amides is 4. The zero-order valence-electron chi connectivity index (χ0n) is 22.7. The molecular formula is C28H32F2N4O7. The van der Waals surface area contributed by atoms with E-state index in [0.717, 1.165) is 27.9 Å². The molecule has 2 aromatic rings. The van der Waals surface area contributed by atoms with Crippen LogP contribution in [0.25, 0.3) is 0 Å². The second-order valence-corrected chi connectivity index (χ2v) is 10.00. The van der Waals surface area contributed by atoms with Gasteiger partial charge in [0.2, 0.25) is 17.4 Å². The molecule has 0 aliphatic carbocycles. The predicted octanol–water partition coefficient (Wildman–Crippen LogP) is 2.57. The van der Waals surface area contributed by atoms with Crippen molar-refractivity contribution < 1.29 is 42.2 Å². The summed E-state index contributed by atoms with van der Waals surface area (Å²) in [4.78, 5) is 54.6. The number of likely N-dealkylation sites (N-methyl/N-ethyl adjacent to an activating group) is 1. The molecule has 1 saturated heterocycles. The largest absolute Gasteiger partial charge is 0.473 e. The topological polar surface area (TPSA) is 140 Å². The maximum Gasteiger partial charge on any atom is 0.410 e. The van der Waals surface area contributed by atoms with Gasteiger partial charge in [-0.1, -0.05) is 43.7 Å². The number of benzene rings is 2. The summed E-state index contributed by atoms with van der Waals surface area (Å²) in [5, 5.41) is 2.35. The van der Waals surface area contributed by atoms with Gasteiger partial charge in [0, 0.05) is 32.2 Å². The number of nitrogens with two attached hydrogens (primary N) is 1. The zero-order valence-corrected chi connectivity index (χ0v) is 22.7. The van der Waals surface area contributed by atoms with Crippen LogP contribution in [0.2, 0.25) is 0 Å². The second kappa shape index (κ2) is 12.5. The molecule has 0 unspecified atom stereocenters. The minimum absolute atomic E-state index is 0.0428. The lowest BCUT2D eigenvalue weighted by Crippen LogP contribution is -2.57. The lowest BCUT2D eigenvalue weighted by atomic mass is 9.96. The van der Waals surface area contributed by atoms with Crippen molar-refractivity contribution >= 4 is 29.5 Å². The molecule has 1 spiro atoms. The summed E-state index contributed by atoms with van der Waals surface area (Å²) >= 11 is 0. The lowest BCUT2D eigenvalue weighted by Gasteiger charge is -2.35. The Bertz CT molecular complexity index is 1310. The fourth-order valence-electron chi connectivity index (χ4n) is 4.76. The smallest absolute Gasteiger partial charge is 0.410 e. The Morgan fingerprint density at radius 1 is 1.24 bits per heavy atom. The predicted molar refractivity (Wildman–Crippen MR) is 142 cm³/mol. The van der Waals surface area contributed by atoms with Crippen molar-refractivity contribution in [1.29, 1.82) is 0 Å². The van der Waals surface area contributed by atoms with Gasteiger partial charge in [0.1, 0.15) is 30.2 Å². The van der Waals surface area contributed by atoms with E-state index >= 15 is 0 Å². The van der Waals surface area contributed by atoms with Crippen LogP contribution < -0.4 is 15.8 Å². The summed E-state index contributed by atoms with van der Waals surface area (Å²) in [5.41, 5.74) is 4.14. The molecule has 0 aromatic heterocycles. The first-order valence-corrected chi connectivity index (χ1v) is 13.2. The van der Waals surface area contributed by atoms with Crippen molar-refractivity contribution in [3.05, 3.63) is 59.7 Å². The van der Waals surface area contributed by atoms with Gasteiger partial charge in [0.05, 0.1) is 13.2 Å². The molecule has 0 bridgehead atoms. The first-order valence-electron chi connectivity index (χ1n) is 13.2. The van der Waals surface area contributed by atoms with Crippen LogP contribution in [-0.4, -0.2) is 78.1 Å². The maximum absolute atomic E-state index is 14.3. The van der Waals surface area contributed by atoms with E-state index in [1.165, 1.54) is 7.05 Å². The molecule has 41 heavy (non-hydrogen) atoms. The molecule has 1 fully saturated rings. The van der Waals surface area contributed by atoms with Crippen LogP contribution in [0.3, 0.4) is 0 Å². The number of unbranched alkanes of at least 4 members (excludes halogenated alkanes) is 1. The van der Waals surface area contributed by atoms with E-state index in [4.69, 9.17) is 19.9 Å². The molecule has 3 atom stereocenters. The third-order valence-electron chi connectivity index (χ3n) is 7.08. The Hall–Kier alpha value is -4.26. The Kier molecular flexibility index (Phi) is 9.06. The van der Waals surface area contributed by atoms with Gasteiger partial charge in [0.15, 0.2) is 11.6 Å². The van der Waals surface area contributed by atoms with Crippen LogP contribution >= 0.6 is 0 Å². The highest BCUT2D eigenvalue weighted by molar-refractivity contribution is 6.03. The Labute approximate surface area is 235 Å². The fourth-order valence-corrected chi connectivity index (χ4v) is 4.76. The van der Waals surface area contributed by atoms with Gasteiger partial charge in [-0.15, -0.1) is 0 Å². The summed E-state index contributed by atoms with van der Waals surface area (Å²) in [6.07, 6.45) is 0.354. The summed E-state index contributed by atoms with van der Waals surface area (Å²) in [6.45, 7) is 1.54. The fraction of sp³-hybridized carbons (Fsp3) is 0.429. The number of likely N-dealkylation sites (tertiary alicyclic amines) is 1. The van der Waals surface area contributed by atoms with E-state index in [1.807, 2.05) is 13.0 Å². The van der Waals surface area contributed by atoms with Crippen molar-refractivity contribution in [1.82, 2.24) is 9.80 Å². The number of ether oxygens (including phenoxy) is 3. The molecule has 4 rings (SSSR count). The summed E-state index contributed by atoms with van der Waals surface area (Å²) < 4.78 is 45.0. The first kappa shape index (κ1) is 29.7. The van der Waals surface area contributed by atoms with Gasteiger partial charge < -0.3 is 30.2 Å². The van der Waals surface area contributed by atoms with Crippen LogP contribution in [0.4, 0.5) is 19.3 Å². The third-order valence-corrected chi connectivity index (χ3v) is 7.08. The average Bonchev–Trinajstić information content (AvgIpc) is 3.33. The molecule has 0 saturated carbocycles. The van der Waals surface area contributed by atoms with Crippen molar-refractivity contribution in [2.24, 2.45) is 5.73 Å². The molecule has 0 radical (unpaired) electrons. The normalized spacial score (nSPS) is 20.1. The van der Waals surface area contributed by atoms with Gasteiger partial charge in [-0.25, -0.2) is 13.6 Å². The van der Waals surface area contributed by atoms with E-state index in [1.54, 1.807) is 24.3 Å². The number of nitrogens with one attached hydrogen (secondary N) is 1. The number of anilines is 1. The van der Waals surface area contributed by atoms with Gasteiger partial charge >= 0.3 is 6.09 Å². The third kappa shape index (κ3) is 6.40. The quantitative estimate of drug-likeness (QED) is 0.416. The number of hydrogen-bond acceptors (Lipinski definition) is 7. The van der Waals surface area contributed by atoms with Gasteiger partial charge in [0.25, 0.3) is 5.91 Å². The average molecular weight is 575 g/mol. The molecule has 2 aromatic carbocycles. The Morgan fingerprint density at radius 2 is 1.98 bits per heavy atom. The number of carbonyl (C=O) groups excluding carboxylic acids is 4. The van der Waals surface area contributed by atoms with Gasteiger partial charge in [-0.05, 0) is 12.0 Å². The van der Waals surface area contributed by atoms with E-state index in [-0.39, 0.29) is 31.1 Å². The van der Waals surface area contributed by atoms with Crippen LogP contribution in [0.5, 0.6) is 5.75 Å². The molecule has 4 amide bonds. The van der Waals surface area contributed by atoms with Crippen molar-refractivity contribution in [2.45, 2.75) is 50.5 Å². The molecule has 11 nitrogen and oxygen atoms in total. The molecule has 2 aliphatic heterocycles. The van der Waals surface area contributed by atoms with Crippen LogP contribution in [0.1, 0.15) is 31.7 Å². The molecule has 13 heteroatoms. The molecule has 220 valence electrons. The van der Waals surface area contributed by atoms with Crippen molar-refractivity contribution in [2.75, 3.05) is 32.1 Å². The summed E-state index contributed by atoms with van der Waals surface area (Å²) in [5.74, 6) is -4.77. The first-order chi connectivity index (χ1) is 19.6. The second-order valence-electron chi connectivity index (χ2n) is 10.00. The number of nitrogens with zero attached hydrogens (tertiary/aromatic N) is 2. The molecular weight excluding hydrogens is 542 g/mol. The number of halogens is 2. The molecule has 2 heterocycles. The van der Waals surface area contributed by atoms with Crippen molar-refractivity contribution in [3.8, 4) is 5.75 Å². The van der Waals surface area contributed by atoms with E-state index in [9.17, 15) is 28.0 Å². The summed E-state index contributed by atoms with van der Waals surface area (Å²) in [6, 6.07) is 7.86. The monoisotopic (exact) mass is 574 g/mol. The van der Waals surface area contributed by atoms with Crippen molar-refractivity contribution in [3.63, 3.8) is 0 Å². The Balaban J connectivity index is 1.57. The van der Waals surface area contributed by atoms with Gasteiger partial charge in [-0.3, -0.25) is 19.3 Å². The molecule has 2 aliphatic rings. The number of hydrogen-bond donors (Lipinski definition) is 2. The van der Waals surface area contributed by atoms with Crippen LogP contribution in [0, 0.1) is 11.6 Å². The van der Waals surface area contributed by atoms with E-state index in [0.29, 0.717) is 19.1 Å². The minimum atomic E-state index is -1.86. The van der Waals surface area contributed by atoms with Crippen LogP contribution in [-0.2, 0) is 30.5 Å². The standard InChI is InChI=1S/C28H32F2N4O7/c1-3-4-10-39-15-21(33(2)27(38)40-14-17-8-6-5-7-9-17)25(36)34-16-28(13-20(34)24(31)35)26(37)32-23-19(30)11-18(29)12-22(23)41-28/h5-9,11-12,20-21H,3-4,10,13-16H2,1-2H3,(H2,31,35)(H,32,37)/t20-,21-,28+/m0/s1. The zero-order chi connectivity index (χ0) is 29.7. The highest BCUT2D eigenvalue weighted by Crippen LogP contribution is 2.42. The molecule has 3 N–H and O–H groups in total. The SMILES string of the molecule is CCCCOC[C@@H](C(=O)N1C[C@@]2(C[C@H]1C(N)=O)Oc1cc(F)cc(F)c1NC2=O)N(C)C(=O)OCc1ccccc1. The number of rotatable bonds is 10. The summed E-state index contributed by atoms with van der Waals surface area (Å²) in [7, 11) is 1.36. The van der Waals surface area contributed by atoms with Crippen LogP contribution in [0.15, 0.2) is 42.5 Å². The number of fused-ring (bicyclic) bond motifs is 1.